The number of esters is 1. The second-order valence-electron chi connectivity index (χ2n) is 8.74. The topological polar surface area (TPSA) is 89.9 Å². The number of Topliss-reactive ketones (excluding diaryl/α,β-unsaturated/α-hetero) is 1. The molecule has 7 heteroatoms. The summed E-state index contributed by atoms with van der Waals surface area (Å²) in [4.78, 5) is 37.2. The van der Waals surface area contributed by atoms with Crippen molar-refractivity contribution < 1.29 is 29.0 Å². The number of ether oxygens (including phenoxy) is 2. The average Bonchev–Trinajstić information content (AvgIpc) is 2.85. The Morgan fingerprint density at radius 2 is 1.37 bits per heavy atom. The fourth-order valence-corrected chi connectivity index (χ4v) is 3.46. The molecule has 35 heavy (non-hydrogen) atoms. The molecule has 0 spiro atoms. The molecule has 0 aromatic heterocycles. The van der Waals surface area contributed by atoms with Crippen LogP contribution in [0.15, 0.2) is 72.8 Å². The van der Waals surface area contributed by atoms with Crippen molar-refractivity contribution in [2.24, 2.45) is 5.41 Å². The Kier molecular flexibility index (Phi) is 8.66. The normalized spacial score (nSPS) is 11.1. The lowest BCUT2D eigenvalue weighted by Gasteiger charge is -2.22. The van der Waals surface area contributed by atoms with Gasteiger partial charge in [0.15, 0.2) is 18.2 Å². The third kappa shape index (κ3) is 7.42. The number of hydrogen-bond acceptors (Lipinski definition) is 6. The van der Waals surface area contributed by atoms with E-state index in [9.17, 15) is 19.5 Å². The van der Waals surface area contributed by atoms with Crippen LogP contribution in [0.4, 0.5) is 0 Å². The van der Waals surface area contributed by atoms with Gasteiger partial charge in [0.05, 0.1) is 12.0 Å². The zero-order valence-corrected chi connectivity index (χ0v) is 20.4. The highest BCUT2D eigenvalue weighted by Crippen LogP contribution is 2.25. The van der Waals surface area contributed by atoms with Crippen LogP contribution in [0.5, 0.6) is 11.5 Å². The molecule has 0 aliphatic carbocycles. The van der Waals surface area contributed by atoms with Gasteiger partial charge in [-0.3, -0.25) is 14.4 Å². The van der Waals surface area contributed by atoms with Crippen LogP contribution in [-0.4, -0.2) is 35.9 Å². The lowest BCUT2D eigenvalue weighted by atomic mass is 9.88. The smallest absolute Gasteiger partial charge is 0.311 e. The maximum atomic E-state index is 12.5. The van der Waals surface area contributed by atoms with E-state index in [0.717, 1.165) is 0 Å². The molecule has 0 saturated carbocycles. The number of phenolic OH excluding ortho intramolecular Hbond substituents is 1. The molecule has 3 aromatic carbocycles. The van der Waals surface area contributed by atoms with E-state index < -0.39 is 11.4 Å². The summed E-state index contributed by atoms with van der Waals surface area (Å²) in [5, 5.41) is 9.87. The molecule has 0 aliphatic heterocycles. The Balaban J connectivity index is 1.42. The first-order valence-electron chi connectivity index (χ1n) is 11.2. The molecule has 182 valence electrons. The maximum absolute atomic E-state index is 12.5. The first kappa shape index (κ1) is 26.0. The highest BCUT2D eigenvalue weighted by Gasteiger charge is 2.29. The summed E-state index contributed by atoms with van der Waals surface area (Å²) in [7, 11) is 0. The van der Waals surface area contributed by atoms with Crippen LogP contribution in [0.1, 0.15) is 53.0 Å². The highest BCUT2D eigenvalue weighted by molar-refractivity contribution is 6.30. The molecule has 0 heterocycles. The summed E-state index contributed by atoms with van der Waals surface area (Å²) in [5.41, 5.74) is 0.683. The number of carbonyl (C=O) groups is 3. The number of halogens is 1. The van der Waals surface area contributed by atoms with Crippen LogP contribution in [0.3, 0.4) is 0 Å². The van der Waals surface area contributed by atoms with Gasteiger partial charge < -0.3 is 14.6 Å². The van der Waals surface area contributed by atoms with Gasteiger partial charge in [-0.1, -0.05) is 11.6 Å². The summed E-state index contributed by atoms with van der Waals surface area (Å²) < 4.78 is 11.0. The monoisotopic (exact) mass is 494 g/mol. The van der Waals surface area contributed by atoms with E-state index in [1.807, 2.05) is 0 Å². The molecular formula is C28H27ClO6. The quantitative estimate of drug-likeness (QED) is 0.203. The van der Waals surface area contributed by atoms with Gasteiger partial charge in [0, 0.05) is 21.7 Å². The van der Waals surface area contributed by atoms with E-state index >= 15 is 0 Å². The van der Waals surface area contributed by atoms with Crippen molar-refractivity contribution in [3.63, 3.8) is 0 Å². The molecule has 6 nitrogen and oxygen atoms in total. The standard InChI is InChI=1S/C28H27ClO6/c1-28(2,27(33)35-18-25(31)19-6-12-23(30)13-7-19)16-3-17-34-24-14-8-21(9-15-24)26(32)20-4-10-22(29)11-5-20/h4-15,30H,3,16-18H2,1-2H3. The Morgan fingerprint density at radius 3 is 1.97 bits per heavy atom. The molecule has 1 N–H and O–H groups in total. The number of aromatic hydroxyl groups is 1. The van der Waals surface area contributed by atoms with Crippen LogP contribution in [-0.2, 0) is 9.53 Å². The van der Waals surface area contributed by atoms with Gasteiger partial charge in [0.1, 0.15) is 11.5 Å². The molecule has 0 aliphatic rings. The van der Waals surface area contributed by atoms with Gasteiger partial charge in [-0.15, -0.1) is 0 Å². The van der Waals surface area contributed by atoms with Crippen LogP contribution in [0, 0.1) is 5.41 Å². The average molecular weight is 495 g/mol. The van der Waals surface area contributed by atoms with Crippen molar-refractivity contribution in [1.82, 2.24) is 0 Å². The second kappa shape index (κ2) is 11.7. The van der Waals surface area contributed by atoms with E-state index in [2.05, 4.69) is 0 Å². The molecule has 0 amide bonds. The Morgan fingerprint density at radius 1 is 0.829 bits per heavy atom. The van der Waals surface area contributed by atoms with Crippen LogP contribution < -0.4 is 4.74 Å². The van der Waals surface area contributed by atoms with Gasteiger partial charge in [-0.25, -0.2) is 0 Å². The molecular weight excluding hydrogens is 468 g/mol. The minimum Gasteiger partial charge on any atom is -0.508 e. The zero-order valence-electron chi connectivity index (χ0n) is 19.6. The van der Waals surface area contributed by atoms with Gasteiger partial charge in [0.25, 0.3) is 0 Å². The predicted molar refractivity (Wildman–Crippen MR) is 133 cm³/mol. The summed E-state index contributed by atoms with van der Waals surface area (Å²) in [6.45, 7) is 3.55. The molecule has 3 aromatic rings. The minimum atomic E-state index is -0.784. The van der Waals surface area contributed by atoms with Crippen LogP contribution in [0.25, 0.3) is 0 Å². The van der Waals surface area contributed by atoms with Crippen molar-refractivity contribution in [2.75, 3.05) is 13.2 Å². The fourth-order valence-electron chi connectivity index (χ4n) is 3.33. The van der Waals surface area contributed by atoms with Gasteiger partial charge in [-0.05, 0) is 99.5 Å². The maximum Gasteiger partial charge on any atom is 0.311 e. The lowest BCUT2D eigenvalue weighted by molar-refractivity contribution is -0.153. The number of hydrogen-bond donors (Lipinski definition) is 1. The SMILES string of the molecule is CC(C)(CCCOc1ccc(C(=O)c2ccc(Cl)cc2)cc1)C(=O)OCC(=O)c1ccc(O)cc1. The highest BCUT2D eigenvalue weighted by atomic mass is 35.5. The van der Waals surface area contributed by atoms with Gasteiger partial charge in [0.2, 0.25) is 0 Å². The Hall–Kier alpha value is -3.64. The largest absolute Gasteiger partial charge is 0.508 e. The molecule has 0 fully saturated rings. The minimum absolute atomic E-state index is 0.0595. The first-order chi connectivity index (χ1) is 16.7. The van der Waals surface area contributed by atoms with Gasteiger partial charge in [-0.2, -0.15) is 0 Å². The number of rotatable bonds is 11. The third-order valence-electron chi connectivity index (χ3n) is 5.51. The van der Waals surface area contributed by atoms with Crippen molar-refractivity contribution in [3.05, 3.63) is 94.5 Å². The van der Waals surface area contributed by atoms with E-state index in [4.69, 9.17) is 21.1 Å². The van der Waals surface area contributed by atoms with Gasteiger partial charge >= 0.3 is 5.97 Å². The first-order valence-corrected chi connectivity index (χ1v) is 11.6. The molecule has 0 unspecified atom stereocenters. The van der Waals surface area contributed by atoms with E-state index in [1.165, 1.54) is 24.3 Å². The van der Waals surface area contributed by atoms with Crippen molar-refractivity contribution in [3.8, 4) is 11.5 Å². The van der Waals surface area contributed by atoms with E-state index in [0.29, 0.717) is 46.9 Å². The van der Waals surface area contributed by atoms with Crippen molar-refractivity contribution in [1.29, 1.82) is 0 Å². The number of carbonyl (C=O) groups excluding carboxylic acids is 3. The molecule has 0 atom stereocenters. The third-order valence-corrected chi connectivity index (χ3v) is 5.77. The molecule has 0 bridgehead atoms. The zero-order chi connectivity index (χ0) is 25.4. The predicted octanol–water partition coefficient (Wildman–Crippen LogP) is 5.89. The Bertz CT molecular complexity index is 1170. The van der Waals surface area contributed by atoms with Crippen LogP contribution >= 0.6 is 11.6 Å². The molecule has 0 saturated heterocycles. The number of benzene rings is 3. The number of ketones is 2. The van der Waals surface area contributed by atoms with Crippen molar-refractivity contribution >= 4 is 29.1 Å². The summed E-state index contributed by atoms with van der Waals surface area (Å²) in [5.74, 6) is -0.218. The Labute approximate surface area is 209 Å². The van der Waals surface area contributed by atoms with Crippen LogP contribution in [0.2, 0.25) is 5.02 Å². The second-order valence-corrected chi connectivity index (χ2v) is 9.18. The molecule has 0 radical (unpaired) electrons. The number of phenols is 1. The summed E-state index contributed by atoms with van der Waals surface area (Å²) in [6, 6.07) is 19.4. The van der Waals surface area contributed by atoms with Crippen molar-refractivity contribution in [2.45, 2.75) is 26.7 Å². The summed E-state index contributed by atoms with van der Waals surface area (Å²) >= 11 is 5.87. The summed E-state index contributed by atoms with van der Waals surface area (Å²) in [6.07, 6.45) is 1.10. The molecule has 3 rings (SSSR count). The van der Waals surface area contributed by atoms with E-state index in [1.54, 1.807) is 62.4 Å². The van der Waals surface area contributed by atoms with E-state index in [-0.39, 0.29) is 23.9 Å². The fraction of sp³-hybridized carbons (Fsp3) is 0.250. The lowest BCUT2D eigenvalue weighted by Crippen LogP contribution is -2.29.